The summed E-state index contributed by atoms with van der Waals surface area (Å²) in [5.41, 5.74) is 6.92. The van der Waals surface area contributed by atoms with Gasteiger partial charge in [-0.05, 0) is 18.6 Å². The molecule has 1 aromatic rings. The average Bonchev–Trinajstić information content (AvgIpc) is 2.36. The molecule has 0 saturated heterocycles. The van der Waals surface area contributed by atoms with E-state index in [2.05, 4.69) is 12.2 Å². The minimum atomic E-state index is -3.50. The summed E-state index contributed by atoms with van der Waals surface area (Å²) in [4.78, 5) is 0.151. The van der Waals surface area contributed by atoms with E-state index >= 15 is 0 Å². The molecular formula is C13H23N3O2S. The number of nitrogens with one attached hydrogen (secondary N) is 1. The summed E-state index contributed by atoms with van der Waals surface area (Å²) < 4.78 is 25.4. The van der Waals surface area contributed by atoms with Crippen LogP contribution in [0, 0.1) is 0 Å². The number of hydrogen-bond donors (Lipinski definition) is 2. The van der Waals surface area contributed by atoms with Gasteiger partial charge in [0.25, 0.3) is 0 Å². The largest absolute Gasteiger partial charge is 0.396 e. The summed E-state index contributed by atoms with van der Waals surface area (Å²) >= 11 is 0. The molecule has 1 rings (SSSR count). The molecule has 0 unspecified atom stereocenters. The molecule has 6 heteroatoms. The van der Waals surface area contributed by atoms with Crippen LogP contribution < -0.4 is 11.1 Å². The predicted molar refractivity (Wildman–Crippen MR) is 79.7 cm³/mol. The van der Waals surface area contributed by atoms with Gasteiger partial charge in [-0.1, -0.05) is 25.8 Å². The fraction of sp³-hybridized carbons (Fsp3) is 0.538. The van der Waals surface area contributed by atoms with Crippen molar-refractivity contribution in [1.82, 2.24) is 4.31 Å². The smallest absolute Gasteiger partial charge is 0.244 e. The second-order valence-corrected chi connectivity index (χ2v) is 6.76. The maximum absolute atomic E-state index is 12.1. The average molecular weight is 285 g/mol. The van der Waals surface area contributed by atoms with Crippen molar-refractivity contribution in [3.8, 4) is 0 Å². The molecule has 1 aromatic carbocycles. The molecule has 19 heavy (non-hydrogen) atoms. The Morgan fingerprint density at radius 3 is 2.53 bits per heavy atom. The number of benzene rings is 1. The third-order valence-corrected chi connectivity index (χ3v) is 4.79. The minimum Gasteiger partial charge on any atom is -0.396 e. The molecule has 0 aliphatic rings. The Labute approximate surface area is 115 Å². The lowest BCUT2D eigenvalue weighted by Gasteiger charge is -2.16. The first-order valence-corrected chi connectivity index (χ1v) is 7.90. The first-order valence-electron chi connectivity index (χ1n) is 6.46. The Morgan fingerprint density at radius 2 is 1.95 bits per heavy atom. The van der Waals surface area contributed by atoms with Gasteiger partial charge in [-0.2, -0.15) is 0 Å². The molecule has 0 bridgehead atoms. The van der Waals surface area contributed by atoms with Crippen LogP contribution >= 0.6 is 0 Å². The lowest BCUT2D eigenvalue weighted by molar-refractivity contribution is 0.521. The SMILES string of the molecule is CCCCCNc1cccc(S(=O)(=O)N(C)C)c1N. The molecule has 0 spiro atoms. The Bertz CT molecular complexity index is 513. The van der Waals surface area contributed by atoms with Crippen LogP contribution in [0.3, 0.4) is 0 Å². The highest BCUT2D eigenvalue weighted by Crippen LogP contribution is 2.28. The Kier molecular flexibility index (Phi) is 5.62. The van der Waals surface area contributed by atoms with Crippen molar-refractivity contribution in [3.05, 3.63) is 18.2 Å². The molecule has 108 valence electrons. The Morgan fingerprint density at radius 1 is 1.26 bits per heavy atom. The van der Waals surface area contributed by atoms with Gasteiger partial charge in [0.2, 0.25) is 10.0 Å². The topological polar surface area (TPSA) is 75.4 Å². The van der Waals surface area contributed by atoms with Gasteiger partial charge in [-0.25, -0.2) is 12.7 Å². The van der Waals surface area contributed by atoms with Crippen LogP contribution in [-0.4, -0.2) is 33.4 Å². The fourth-order valence-electron chi connectivity index (χ4n) is 1.72. The molecule has 0 aliphatic carbocycles. The van der Waals surface area contributed by atoms with Gasteiger partial charge in [0, 0.05) is 20.6 Å². The molecule has 0 heterocycles. The lowest BCUT2D eigenvalue weighted by Crippen LogP contribution is -2.23. The Hall–Kier alpha value is -1.27. The summed E-state index contributed by atoms with van der Waals surface area (Å²) in [6.45, 7) is 2.93. The Balaban J connectivity index is 2.93. The van der Waals surface area contributed by atoms with Crippen LogP contribution in [0.15, 0.2) is 23.1 Å². The van der Waals surface area contributed by atoms with Gasteiger partial charge in [-0.3, -0.25) is 0 Å². The van der Waals surface area contributed by atoms with E-state index < -0.39 is 10.0 Å². The van der Waals surface area contributed by atoms with E-state index in [1.54, 1.807) is 12.1 Å². The molecule has 0 radical (unpaired) electrons. The van der Waals surface area contributed by atoms with Crippen molar-refractivity contribution < 1.29 is 8.42 Å². The van der Waals surface area contributed by atoms with Crippen molar-refractivity contribution in [2.24, 2.45) is 0 Å². The van der Waals surface area contributed by atoms with Crippen LogP contribution in [-0.2, 0) is 10.0 Å². The maximum atomic E-state index is 12.1. The van der Waals surface area contributed by atoms with Gasteiger partial charge in [0.05, 0.1) is 11.4 Å². The molecule has 0 aliphatic heterocycles. The molecule has 0 fully saturated rings. The highest BCUT2D eigenvalue weighted by molar-refractivity contribution is 7.89. The standard InChI is InChI=1S/C13H23N3O2S/c1-4-5-6-10-15-11-8-7-9-12(13(11)14)19(17,18)16(2)3/h7-9,15H,4-6,10,14H2,1-3H3. The zero-order chi connectivity index (χ0) is 14.5. The summed E-state index contributed by atoms with van der Waals surface area (Å²) in [5, 5.41) is 3.19. The third-order valence-electron chi connectivity index (χ3n) is 2.92. The van der Waals surface area contributed by atoms with E-state index in [1.165, 1.54) is 24.5 Å². The number of anilines is 2. The predicted octanol–water partition coefficient (Wildman–Crippen LogP) is 2.12. The highest BCUT2D eigenvalue weighted by atomic mass is 32.2. The fourth-order valence-corrected chi connectivity index (χ4v) is 2.75. The number of unbranched alkanes of at least 4 members (excludes halogenated alkanes) is 2. The second-order valence-electron chi connectivity index (χ2n) is 4.64. The number of sulfonamides is 1. The van der Waals surface area contributed by atoms with Crippen LogP contribution in [0.25, 0.3) is 0 Å². The number of hydrogen-bond acceptors (Lipinski definition) is 4. The summed E-state index contributed by atoms with van der Waals surface area (Å²) in [6, 6.07) is 5.03. The molecule has 0 saturated carbocycles. The molecular weight excluding hydrogens is 262 g/mol. The lowest BCUT2D eigenvalue weighted by atomic mass is 10.2. The number of para-hydroxylation sites is 1. The van der Waals surface area contributed by atoms with E-state index in [9.17, 15) is 8.42 Å². The van der Waals surface area contributed by atoms with Crippen molar-refractivity contribution >= 4 is 21.4 Å². The minimum absolute atomic E-state index is 0.151. The zero-order valence-corrected chi connectivity index (χ0v) is 12.6. The van der Waals surface area contributed by atoms with E-state index in [0.717, 1.165) is 25.8 Å². The number of nitrogens with two attached hydrogens (primary N) is 1. The zero-order valence-electron chi connectivity index (χ0n) is 11.8. The highest BCUT2D eigenvalue weighted by Gasteiger charge is 2.21. The quantitative estimate of drug-likeness (QED) is 0.594. The molecule has 0 aromatic heterocycles. The molecule has 0 atom stereocenters. The van der Waals surface area contributed by atoms with Gasteiger partial charge < -0.3 is 11.1 Å². The van der Waals surface area contributed by atoms with Crippen LogP contribution in [0.4, 0.5) is 11.4 Å². The van der Waals surface area contributed by atoms with E-state index in [-0.39, 0.29) is 10.6 Å². The maximum Gasteiger partial charge on any atom is 0.244 e. The van der Waals surface area contributed by atoms with Crippen molar-refractivity contribution in [1.29, 1.82) is 0 Å². The molecule has 3 N–H and O–H groups in total. The first kappa shape index (κ1) is 15.8. The van der Waals surface area contributed by atoms with Crippen molar-refractivity contribution in [3.63, 3.8) is 0 Å². The van der Waals surface area contributed by atoms with Crippen molar-refractivity contribution in [2.45, 2.75) is 31.1 Å². The molecule has 0 amide bonds. The first-order chi connectivity index (χ1) is 8.91. The number of nitrogens with zero attached hydrogens (tertiary/aromatic N) is 1. The van der Waals surface area contributed by atoms with Gasteiger partial charge in [0.1, 0.15) is 4.90 Å². The van der Waals surface area contributed by atoms with Crippen LogP contribution in [0.2, 0.25) is 0 Å². The van der Waals surface area contributed by atoms with E-state index in [1.807, 2.05) is 0 Å². The van der Waals surface area contributed by atoms with Gasteiger partial charge in [0.15, 0.2) is 0 Å². The van der Waals surface area contributed by atoms with Gasteiger partial charge >= 0.3 is 0 Å². The van der Waals surface area contributed by atoms with Crippen molar-refractivity contribution in [2.75, 3.05) is 31.7 Å². The van der Waals surface area contributed by atoms with E-state index in [4.69, 9.17) is 5.73 Å². The normalized spacial score (nSPS) is 11.8. The van der Waals surface area contributed by atoms with Crippen LogP contribution in [0.5, 0.6) is 0 Å². The summed E-state index contributed by atoms with van der Waals surface area (Å²) in [5.74, 6) is 0. The molecule has 5 nitrogen and oxygen atoms in total. The number of rotatable bonds is 7. The monoisotopic (exact) mass is 285 g/mol. The summed E-state index contributed by atoms with van der Waals surface area (Å²) in [6.07, 6.45) is 3.33. The second kappa shape index (κ2) is 6.77. The summed E-state index contributed by atoms with van der Waals surface area (Å²) in [7, 11) is -0.505. The van der Waals surface area contributed by atoms with Gasteiger partial charge in [-0.15, -0.1) is 0 Å². The number of nitrogen functional groups attached to an aromatic ring is 1. The third kappa shape index (κ3) is 3.84. The van der Waals surface area contributed by atoms with E-state index in [0.29, 0.717) is 5.69 Å². The van der Waals surface area contributed by atoms with Crippen LogP contribution in [0.1, 0.15) is 26.2 Å².